The highest BCUT2D eigenvalue weighted by atomic mass is 32.1. The van der Waals surface area contributed by atoms with Gasteiger partial charge in [0.15, 0.2) is 0 Å². The molecule has 0 N–H and O–H groups in total. The second kappa shape index (κ2) is 7.68. The average Bonchev–Trinajstić information content (AvgIpc) is 2.54. The van der Waals surface area contributed by atoms with Gasteiger partial charge in [-0.3, -0.25) is 4.79 Å². The SMILES string of the molecule is CC(S)C(=O)OC1(c2ccccc2)CCN(C(=O)OC(C)(C)C)CC1. The first kappa shape index (κ1) is 19.6. The summed E-state index contributed by atoms with van der Waals surface area (Å²) in [5.74, 6) is -0.349. The zero-order valence-electron chi connectivity index (χ0n) is 15.3. The molecule has 1 aromatic rings. The van der Waals surface area contributed by atoms with Crippen molar-refractivity contribution in [3.8, 4) is 0 Å². The monoisotopic (exact) mass is 365 g/mol. The Morgan fingerprint density at radius 1 is 1.16 bits per heavy atom. The molecule has 0 bridgehead atoms. The van der Waals surface area contributed by atoms with Gasteiger partial charge in [-0.2, -0.15) is 12.6 Å². The molecular weight excluding hydrogens is 338 g/mol. The van der Waals surface area contributed by atoms with Gasteiger partial charge in [-0.05, 0) is 33.3 Å². The van der Waals surface area contributed by atoms with Crippen molar-refractivity contribution in [3.63, 3.8) is 0 Å². The first-order chi connectivity index (χ1) is 11.6. The Balaban J connectivity index is 2.15. The lowest BCUT2D eigenvalue weighted by Gasteiger charge is -2.42. The van der Waals surface area contributed by atoms with Gasteiger partial charge in [-0.25, -0.2) is 4.79 Å². The molecule has 25 heavy (non-hydrogen) atoms. The maximum absolute atomic E-state index is 12.3. The number of nitrogens with zero attached hydrogens (tertiary/aromatic N) is 1. The quantitative estimate of drug-likeness (QED) is 0.654. The molecule has 138 valence electrons. The minimum Gasteiger partial charge on any atom is -0.453 e. The molecule has 0 spiro atoms. The molecule has 6 heteroatoms. The van der Waals surface area contributed by atoms with E-state index in [-0.39, 0.29) is 12.1 Å². The molecule has 1 unspecified atom stereocenters. The molecule has 1 saturated heterocycles. The van der Waals surface area contributed by atoms with Crippen LogP contribution in [0.3, 0.4) is 0 Å². The van der Waals surface area contributed by atoms with Crippen molar-refractivity contribution < 1.29 is 19.1 Å². The van der Waals surface area contributed by atoms with Crippen LogP contribution in [0.25, 0.3) is 0 Å². The molecule has 1 aliphatic heterocycles. The van der Waals surface area contributed by atoms with Gasteiger partial charge in [0.05, 0.1) is 5.25 Å². The van der Waals surface area contributed by atoms with Gasteiger partial charge in [-0.15, -0.1) is 0 Å². The number of carbonyl (C=O) groups excluding carboxylic acids is 2. The first-order valence-electron chi connectivity index (χ1n) is 8.57. The Hall–Kier alpha value is -1.69. The van der Waals surface area contributed by atoms with Crippen LogP contribution in [-0.2, 0) is 19.9 Å². The van der Waals surface area contributed by atoms with Crippen LogP contribution < -0.4 is 0 Å². The van der Waals surface area contributed by atoms with Crippen LogP contribution in [0.2, 0.25) is 0 Å². The number of esters is 1. The van der Waals surface area contributed by atoms with Crippen molar-refractivity contribution in [2.75, 3.05) is 13.1 Å². The summed E-state index contributed by atoms with van der Waals surface area (Å²) in [6, 6.07) is 9.69. The Labute approximate surface area is 155 Å². The largest absolute Gasteiger partial charge is 0.453 e. The van der Waals surface area contributed by atoms with Crippen LogP contribution in [-0.4, -0.2) is 40.9 Å². The molecule has 0 saturated carbocycles. The predicted octanol–water partition coefficient (Wildman–Crippen LogP) is 3.77. The van der Waals surface area contributed by atoms with E-state index in [4.69, 9.17) is 9.47 Å². The fourth-order valence-corrected chi connectivity index (χ4v) is 2.90. The first-order valence-corrected chi connectivity index (χ1v) is 9.09. The van der Waals surface area contributed by atoms with Crippen molar-refractivity contribution in [3.05, 3.63) is 35.9 Å². The van der Waals surface area contributed by atoms with E-state index in [9.17, 15) is 9.59 Å². The summed E-state index contributed by atoms with van der Waals surface area (Å²) in [4.78, 5) is 26.1. The molecule has 1 aliphatic rings. The number of piperidine rings is 1. The number of likely N-dealkylation sites (tertiary alicyclic amines) is 1. The van der Waals surface area contributed by atoms with E-state index >= 15 is 0 Å². The van der Waals surface area contributed by atoms with Gasteiger partial charge in [0.1, 0.15) is 11.2 Å². The Morgan fingerprint density at radius 2 is 1.72 bits per heavy atom. The van der Waals surface area contributed by atoms with Crippen LogP contribution in [0.5, 0.6) is 0 Å². The van der Waals surface area contributed by atoms with Gasteiger partial charge >= 0.3 is 12.1 Å². The van der Waals surface area contributed by atoms with Crippen LogP contribution in [0.4, 0.5) is 4.79 Å². The summed E-state index contributed by atoms with van der Waals surface area (Å²) in [5, 5.41) is -0.496. The molecule has 2 rings (SSSR count). The Morgan fingerprint density at radius 3 is 2.20 bits per heavy atom. The van der Waals surface area contributed by atoms with E-state index in [1.807, 2.05) is 51.1 Å². The lowest BCUT2D eigenvalue weighted by molar-refractivity contribution is -0.165. The predicted molar refractivity (Wildman–Crippen MR) is 99.7 cm³/mol. The molecule has 1 atom stereocenters. The topological polar surface area (TPSA) is 55.8 Å². The lowest BCUT2D eigenvalue weighted by atomic mass is 9.84. The standard InChI is InChI=1S/C19H27NO4S/c1-14(25)16(21)23-19(15-8-6-5-7-9-15)10-12-20(13-11-19)17(22)24-18(2,3)4/h5-9,14,25H,10-13H2,1-4H3. The zero-order valence-corrected chi connectivity index (χ0v) is 16.2. The van der Waals surface area contributed by atoms with Gasteiger partial charge in [0.2, 0.25) is 0 Å². The third-order valence-corrected chi connectivity index (χ3v) is 4.37. The fraction of sp³-hybridized carbons (Fsp3) is 0.579. The van der Waals surface area contributed by atoms with E-state index in [0.29, 0.717) is 25.9 Å². The molecule has 1 amide bonds. The molecular formula is C19H27NO4S. The molecule has 0 aromatic heterocycles. The van der Waals surface area contributed by atoms with Crippen LogP contribution in [0.15, 0.2) is 30.3 Å². The molecule has 1 heterocycles. The summed E-state index contributed by atoms with van der Waals surface area (Å²) in [7, 11) is 0. The van der Waals surface area contributed by atoms with Crippen molar-refractivity contribution >= 4 is 24.7 Å². The Bertz CT molecular complexity index is 602. The average molecular weight is 365 g/mol. The van der Waals surface area contributed by atoms with E-state index in [1.54, 1.807) is 11.8 Å². The number of benzene rings is 1. The highest BCUT2D eigenvalue weighted by Crippen LogP contribution is 2.37. The molecule has 1 aromatic carbocycles. The zero-order chi connectivity index (χ0) is 18.7. The highest BCUT2D eigenvalue weighted by Gasteiger charge is 2.42. The van der Waals surface area contributed by atoms with Crippen LogP contribution in [0, 0.1) is 0 Å². The normalized spacial score (nSPS) is 18.4. The summed E-state index contributed by atoms with van der Waals surface area (Å²) >= 11 is 4.18. The third kappa shape index (κ3) is 5.14. The number of hydrogen-bond donors (Lipinski definition) is 1. The van der Waals surface area contributed by atoms with Crippen LogP contribution >= 0.6 is 12.6 Å². The minimum atomic E-state index is -0.728. The fourth-order valence-electron chi connectivity index (χ4n) is 2.85. The molecule has 5 nitrogen and oxygen atoms in total. The molecule has 0 radical (unpaired) electrons. The van der Waals surface area contributed by atoms with Crippen molar-refractivity contribution in [1.82, 2.24) is 4.90 Å². The minimum absolute atomic E-state index is 0.331. The second-order valence-electron chi connectivity index (χ2n) is 7.42. The van der Waals surface area contributed by atoms with Crippen LogP contribution in [0.1, 0.15) is 46.1 Å². The van der Waals surface area contributed by atoms with Crippen molar-refractivity contribution in [2.45, 2.75) is 57.0 Å². The van der Waals surface area contributed by atoms with E-state index in [1.165, 1.54) is 0 Å². The number of thiol groups is 1. The van der Waals surface area contributed by atoms with Gasteiger partial charge in [0, 0.05) is 25.9 Å². The summed E-state index contributed by atoms with van der Waals surface area (Å²) in [5.41, 5.74) is -0.312. The van der Waals surface area contributed by atoms with Crippen molar-refractivity contribution in [1.29, 1.82) is 0 Å². The van der Waals surface area contributed by atoms with Gasteiger partial charge in [-0.1, -0.05) is 30.3 Å². The number of carbonyl (C=O) groups is 2. The van der Waals surface area contributed by atoms with E-state index in [2.05, 4.69) is 12.6 Å². The van der Waals surface area contributed by atoms with Gasteiger partial charge < -0.3 is 14.4 Å². The maximum Gasteiger partial charge on any atom is 0.410 e. The molecule has 0 aliphatic carbocycles. The third-order valence-electron chi connectivity index (χ3n) is 4.16. The number of ether oxygens (including phenoxy) is 2. The smallest absolute Gasteiger partial charge is 0.410 e. The summed E-state index contributed by atoms with van der Waals surface area (Å²) in [6.45, 7) is 8.17. The number of hydrogen-bond acceptors (Lipinski definition) is 5. The van der Waals surface area contributed by atoms with Gasteiger partial charge in [0.25, 0.3) is 0 Å². The maximum atomic E-state index is 12.3. The van der Waals surface area contributed by atoms with E-state index < -0.39 is 16.5 Å². The number of amides is 1. The summed E-state index contributed by atoms with van der Waals surface area (Å²) in [6.07, 6.45) is 0.730. The summed E-state index contributed by atoms with van der Waals surface area (Å²) < 4.78 is 11.3. The van der Waals surface area contributed by atoms with Crippen molar-refractivity contribution in [2.24, 2.45) is 0 Å². The number of rotatable bonds is 3. The van der Waals surface area contributed by atoms with E-state index in [0.717, 1.165) is 5.56 Å². The molecule has 1 fully saturated rings. The Kier molecular flexibility index (Phi) is 6.03. The highest BCUT2D eigenvalue weighted by molar-refractivity contribution is 7.81. The lowest BCUT2D eigenvalue weighted by Crippen LogP contribution is -2.49. The second-order valence-corrected chi connectivity index (χ2v) is 8.20.